The Balaban J connectivity index is 0.000000220. The second kappa shape index (κ2) is 8.14. The Kier molecular flexibility index (Phi) is 6.83. The summed E-state index contributed by atoms with van der Waals surface area (Å²) in [5.41, 5.74) is 5.88. The van der Waals surface area contributed by atoms with Crippen LogP contribution in [0.25, 0.3) is 0 Å². The predicted molar refractivity (Wildman–Crippen MR) is 87.2 cm³/mol. The third-order valence-corrected chi connectivity index (χ3v) is 3.87. The molecule has 0 radical (unpaired) electrons. The molecule has 0 aliphatic carbocycles. The zero-order chi connectivity index (χ0) is 16.8. The SMILES string of the molecule is NC(=O)Cc1ccc(Cl)cc1.NS(=O)(=O)c1ccc(Cl)cc1. The summed E-state index contributed by atoms with van der Waals surface area (Å²) < 4.78 is 21.4. The van der Waals surface area contributed by atoms with E-state index in [1.54, 1.807) is 24.3 Å². The number of primary amides is 1. The number of hydrogen-bond donors (Lipinski definition) is 2. The lowest BCUT2D eigenvalue weighted by atomic mass is 10.1. The average Bonchev–Trinajstić information content (AvgIpc) is 2.41. The van der Waals surface area contributed by atoms with Gasteiger partial charge in [-0.15, -0.1) is 0 Å². The summed E-state index contributed by atoms with van der Waals surface area (Å²) in [7, 11) is -3.58. The van der Waals surface area contributed by atoms with E-state index in [0.717, 1.165) is 5.56 Å². The van der Waals surface area contributed by atoms with Crippen molar-refractivity contribution in [2.45, 2.75) is 11.3 Å². The first-order valence-corrected chi connectivity index (χ1v) is 8.30. The predicted octanol–water partition coefficient (Wildman–Crippen LogP) is 2.36. The Hall–Kier alpha value is -1.60. The molecule has 0 unspecified atom stereocenters. The van der Waals surface area contributed by atoms with Crippen molar-refractivity contribution in [1.82, 2.24) is 0 Å². The molecule has 0 fully saturated rings. The largest absolute Gasteiger partial charge is 0.369 e. The maximum Gasteiger partial charge on any atom is 0.238 e. The highest BCUT2D eigenvalue weighted by atomic mass is 35.5. The molecule has 22 heavy (non-hydrogen) atoms. The standard InChI is InChI=1S/C8H8ClNO.C6H6ClNO2S/c9-7-3-1-6(2-4-7)5-8(10)11;7-5-1-3-6(4-2-5)11(8,9)10/h1-4H,5H2,(H2,10,11);1-4H,(H2,8,9,10). The number of halogens is 2. The number of carbonyl (C=O) groups excluding carboxylic acids is 1. The Morgan fingerprint density at radius 3 is 1.68 bits per heavy atom. The average molecular weight is 361 g/mol. The van der Waals surface area contributed by atoms with Gasteiger partial charge < -0.3 is 5.73 Å². The molecule has 0 bridgehead atoms. The van der Waals surface area contributed by atoms with E-state index in [4.69, 9.17) is 34.1 Å². The van der Waals surface area contributed by atoms with Gasteiger partial charge in [-0.2, -0.15) is 0 Å². The molecule has 4 N–H and O–H groups in total. The fourth-order valence-corrected chi connectivity index (χ4v) is 2.20. The molecule has 0 aromatic heterocycles. The molecule has 0 saturated carbocycles. The molecule has 0 aliphatic rings. The number of sulfonamides is 1. The van der Waals surface area contributed by atoms with E-state index >= 15 is 0 Å². The number of carbonyl (C=O) groups is 1. The summed E-state index contributed by atoms with van der Waals surface area (Å²) in [6.45, 7) is 0. The van der Waals surface area contributed by atoms with Crippen molar-refractivity contribution in [2.75, 3.05) is 0 Å². The second-order valence-electron chi connectivity index (χ2n) is 4.27. The van der Waals surface area contributed by atoms with E-state index in [1.165, 1.54) is 24.3 Å². The summed E-state index contributed by atoms with van der Waals surface area (Å²) in [5.74, 6) is -0.327. The van der Waals surface area contributed by atoms with Gasteiger partial charge in [0.1, 0.15) is 0 Å². The number of nitrogens with two attached hydrogens (primary N) is 2. The molecule has 118 valence electrons. The highest BCUT2D eigenvalue weighted by Gasteiger charge is 2.05. The molecule has 0 spiro atoms. The summed E-state index contributed by atoms with van der Waals surface area (Å²) in [6, 6.07) is 12.7. The van der Waals surface area contributed by atoms with Crippen LogP contribution in [0.15, 0.2) is 53.4 Å². The van der Waals surface area contributed by atoms with E-state index in [0.29, 0.717) is 10.0 Å². The summed E-state index contributed by atoms with van der Waals surface area (Å²) in [5, 5.41) is 5.98. The lowest BCUT2D eigenvalue weighted by Gasteiger charge is -1.95. The third-order valence-electron chi connectivity index (χ3n) is 2.43. The first-order valence-electron chi connectivity index (χ1n) is 5.99. The number of benzene rings is 2. The molecule has 1 amide bonds. The number of amides is 1. The van der Waals surface area contributed by atoms with Gasteiger partial charge in [0.15, 0.2) is 0 Å². The minimum Gasteiger partial charge on any atom is -0.369 e. The zero-order valence-corrected chi connectivity index (χ0v) is 13.7. The van der Waals surface area contributed by atoms with Crippen LogP contribution in [0.4, 0.5) is 0 Å². The van der Waals surface area contributed by atoms with E-state index in [2.05, 4.69) is 0 Å². The van der Waals surface area contributed by atoms with Crippen LogP contribution in [0.5, 0.6) is 0 Å². The minimum absolute atomic E-state index is 0.0712. The third kappa shape index (κ3) is 6.91. The first kappa shape index (κ1) is 18.4. The van der Waals surface area contributed by atoms with Crippen LogP contribution in [0.1, 0.15) is 5.56 Å². The quantitative estimate of drug-likeness (QED) is 0.877. The lowest BCUT2D eigenvalue weighted by molar-refractivity contribution is -0.117. The van der Waals surface area contributed by atoms with Crippen LogP contribution < -0.4 is 10.9 Å². The summed E-state index contributed by atoms with van der Waals surface area (Å²) >= 11 is 11.2. The van der Waals surface area contributed by atoms with Crippen molar-refractivity contribution in [1.29, 1.82) is 0 Å². The molecule has 0 aliphatic heterocycles. The smallest absolute Gasteiger partial charge is 0.238 e. The van der Waals surface area contributed by atoms with Crippen molar-refractivity contribution in [3.63, 3.8) is 0 Å². The monoisotopic (exact) mass is 360 g/mol. The molecular formula is C14H14Cl2N2O3S. The van der Waals surface area contributed by atoms with Crippen LogP contribution in [0, 0.1) is 0 Å². The van der Waals surface area contributed by atoms with Gasteiger partial charge in [-0.05, 0) is 42.0 Å². The van der Waals surface area contributed by atoms with Gasteiger partial charge in [-0.25, -0.2) is 13.6 Å². The molecule has 0 atom stereocenters. The van der Waals surface area contributed by atoms with Crippen LogP contribution in [-0.2, 0) is 21.2 Å². The minimum atomic E-state index is -3.58. The van der Waals surface area contributed by atoms with E-state index in [1.807, 2.05) is 0 Å². The zero-order valence-electron chi connectivity index (χ0n) is 11.4. The van der Waals surface area contributed by atoms with Crippen molar-refractivity contribution in [2.24, 2.45) is 10.9 Å². The van der Waals surface area contributed by atoms with Crippen molar-refractivity contribution >= 4 is 39.1 Å². The number of primary sulfonamides is 1. The maximum absolute atomic E-state index is 10.7. The fourth-order valence-electron chi connectivity index (χ4n) is 1.43. The number of hydrogen-bond acceptors (Lipinski definition) is 3. The Bertz CT molecular complexity index is 730. The van der Waals surface area contributed by atoms with Crippen LogP contribution >= 0.6 is 23.2 Å². The van der Waals surface area contributed by atoms with Gasteiger partial charge in [-0.1, -0.05) is 35.3 Å². The van der Waals surface area contributed by atoms with Gasteiger partial charge in [0.2, 0.25) is 15.9 Å². The topological polar surface area (TPSA) is 103 Å². The van der Waals surface area contributed by atoms with E-state index in [9.17, 15) is 13.2 Å². The molecule has 0 heterocycles. The van der Waals surface area contributed by atoms with Crippen molar-refractivity contribution < 1.29 is 13.2 Å². The molecule has 0 saturated heterocycles. The highest BCUT2D eigenvalue weighted by molar-refractivity contribution is 7.89. The van der Waals surface area contributed by atoms with Crippen LogP contribution in [-0.4, -0.2) is 14.3 Å². The van der Waals surface area contributed by atoms with Crippen molar-refractivity contribution in [3.05, 3.63) is 64.1 Å². The van der Waals surface area contributed by atoms with Gasteiger partial charge in [0.25, 0.3) is 0 Å². The van der Waals surface area contributed by atoms with Crippen LogP contribution in [0.2, 0.25) is 10.0 Å². The van der Waals surface area contributed by atoms with Crippen LogP contribution in [0.3, 0.4) is 0 Å². The molecule has 8 heteroatoms. The van der Waals surface area contributed by atoms with E-state index in [-0.39, 0.29) is 17.2 Å². The Morgan fingerprint density at radius 2 is 1.32 bits per heavy atom. The Morgan fingerprint density at radius 1 is 0.909 bits per heavy atom. The highest BCUT2D eigenvalue weighted by Crippen LogP contribution is 2.12. The lowest BCUT2D eigenvalue weighted by Crippen LogP contribution is -2.13. The summed E-state index contributed by atoms with van der Waals surface area (Å²) in [6.07, 6.45) is 0.275. The van der Waals surface area contributed by atoms with Gasteiger partial charge in [0, 0.05) is 10.0 Å². The van der Waals surface area contributed by atoms with Gasteiger partial charge in [0.05, 0.1) is 11.3 Å². The molecule has 2 aromatic rings. The number of rotatable bonds is 3. The Labute approximate surface area is 138 Å². The second-order valence-corrected chi connectivity index (χ2v) is 6.70. The van der Waals surface area contributed by atoms with E-state index < -0.39 is 10.0 Å². The molecular weight excluding hydrogens is 347 g/mol. The first-order chi connectivity index (χ1) is 10.2. The van der Waals surface area contributed by atoms with Crippen molar-refractivity contribution in [3.8, 4) is 0 Å². The van der Waals surface area contributed by atoms with Gasteiger partial charge in [-0.3, -0.25) is 4.79 Å². The van der Waals surface area contributed by atoms with Gasteiger partial charge >= 0.3 is 0 Å². The fraction of sp³-hybridized carbons (Fsp3) is 0.0714. The normalized spacial score (nSPS) is 10.5. The molecule has 2 rings (SSSR count). The summed E-state index contributed by atoms with van der Waals surface area (Å²) in [4.78, 5) is 10.5. The maximum atomic E-state index is 10.7. The molecule has 2 aromatic carbocycles. The molecule has 5 nitrogen and oxygen atoms in total.